The molecule has 0 aliphatic carbocycles. The summed E-state index contributed by atoms with van der Waals surface area (Å²) in [6.07, 6.45) is 56.7. The highest BCUT2D eigenvalue weighted by molar-refractivity contribution is 5.04. The first kappa shape index (κ1) is 41.3. The van der Waals surface area contributed by atoms with Crippen molar-refractivity contribution in [1.29, 1.82) is 0 Å². The van der Waals surface area contributed by atoms with Gasteiger partial charge in [-0.2, -0.15) is 0 Å². The average molecular weight is 666 g/mol. The van der Waals surface area contributed by atoms with Crippen molar-refractivity contribution in [1.82, 2.24) is 4.90 Å². The maximum Gasteiger partial charge on any atom is 0.169 e. The van der Waals surface area contributed by atoms with Crippen LogP contribution in [-0.4, -0.2) is 42.0 Å². The van der Waals surface area contributed by atoms with E-state index in [1.807, 2.05) is 0 Å². The summed E-state index contributed by atoms with van der Waals surface area (Å²) in [6, 6.07) is 1.28. The van der Waals surface area contributed by atoms with Crippen molar-refractivity contribution in [3.05, 3.63) is 48.6 Å². The van der Waals surface area contributed by atoms with Crippen molar-refractivity contribution in [3.8, 4) is 0 Å². The van der Waals surface area contributed by atoms with Crippen molar-refractivity contribution in [2.45, 2.75) is 230 Å². The van der Waals surface area contributed by atoms with Gasteiger partial charge < -0.3 is 9.47 Å². The van der Waals surface area contributed by atoms with Gasteiger partial charge in [-0.05, 0) is 103 Å². The Balaban J connectivity index is 1.25. The normalized spacial score (nSPS) is 26.0. The number of hydrogen-bond acceptors (Lipinski definition) is 3. The summed E-state index contributed by atoms with van der Waals surface area (Å²) in [6.45, 7) is 4.55. The molecule has 3 aliphatic rings. The molecule has 3 fully saturated rings. The van der Waals surface area contributed by atoms with Gasteiger partial charge in [-0.15, -0.1) is 0 Å². The number of fused-ring (bicyclic) bond motifs is 4. The summed E-state index contributed by atoms with van der Waals surface area (Å²) in [5, 5.41) is 0. The average Bonchev–Trinajstić information content (AvgIpc) is 3.58. The van der Waals surface area contributed by atoms with Crippen LogP contribution in [0.25, 0.3) is 0 Å². The Kier molecular flexibility index (Phi) is 22.9. The van der Waals surface area contributed by atoms with E-state index in [4.69, 9.17) is 9.47 Å². The number of hydrogen-bond donors (Lipinski definition) is 0. The van der Waals surface area contributed by atoms with Gasteiger partial charge in [-0.1, -0.05) is 140 Å². The maximum absolute atomic E-state index is 7.01. The van der Waals surface area contributed by atoms with E-state index in [2.05, 4.69) is 74.4 Å². The Labute approximate surface area is 299 Å². The van der Waals surface area contributed by atoms with Gasteiger partial charge >= 0.3 is 0 Å². The Bertz CT molecular complexity index is 841. The second-order valence-corrected chi connectivity index (χ2v) is 15.5. The van der Waals surface area contributed by atoms with E-state index >= 15 is 0 Å². The summed E-state index contributed by atoms with van der Waals surface area (Å²) < 4.78 is 14.0. The van der Waals surface area contributed by atoms with Gasteiger partial charge in [0.1, 0.15) is 6.10 Å². The molecule has 3 rings (SSSR count). The van der Waals surface area contributed by atoms with Crippen molar-refractivity contribution >= 4 is 0 Å². The highest BCUT2D eigenvalue weighted by Gasteiger charge is 2.56. The van der Waals surface area contributed by atoms with E-state index in [1.54, 1.807) is 0 Å². The third-order valence-corrected chi connectivity index (χ3v) is 11.4. The zero-order chi connectivity index (χ0) is 34.0. The highest BCUT2D eigenvalue weighted by atomic mass is 16.8. The summed E-state index contributed by atoms with van der Waals surface area (Å²) >= 11 is 0. The molecule has 0 saturated carbocycles. The monoisotopic (exact) mass is 666 g/mol. The predicted molar refractivity (Wildman–Crippen MR) is 210 cm³/mol. The van der Waals surface area contributed by atoms with Crippen molar-refractivity contribution in [2.24, 2.45) is 0 Å². The molecule has 3 aliphatic heterocycles. The zero-order valence-corrected chi connectivity index (χ0v) is 32.2. The van der Waals surface area contributed by atoms with Gasteiger partial charge in [0.05, 0.1) is 6.10 Å². The van der Waals surface area contributed by atoms with Crippen LogP contribution in [0.15, 0.2) is 48.6 Å². The minimum atomic E-state index is -0.314. The van der Waals surface area contributed by atoms with E-state index < -0.39 is 0 Å². The van der Waals surface area contributed by atoms with E-state index in [1.165, 1.54) is 161 Å². The molecule has 0 aromatic heterocycles. The quantitative estimate of drug-likeness (QED) is 0.0563. The van der Waals surface area contributed by atoms with Crippen LogP contribution >= 0.6 is 0 Å². The first-order valence-corrected chi connectivity index (χ1v) is 21.4. The van der Waals surface area contributed by atoms with Gasteiger partial charge in [0.25, 0.3) is 0 Å². The van der Waals surface area contributed by atoms with Gasteiger partial charge in [-0.3, -0.25) is 4.90 Å². The van der Waals surface area contributed by atoms with Crippen molar-refractivity contribution < 1.29 is 9.47 Å². The van der Waals surface area contributed by atoms with E-state index in [9.17, 15) is 0 Å². The van der Waals surface area contributed by atoms with Crippen LogP contribution in [0.3, 0.4) is 0 Å². The van der Waals surface area contributed by atoms with Gasteiger partial charge in [0.15, 0.2) is 5.79 Å². The van der Waals surface area contributed by atoms with Crippen LogP contribution in [0.5, 0.6) is 0 Å². The molecule has 0 N–H and O–H groups in total. The molecule has 0 radical (unpaired) electrons. The number of rotatable bonds is 30. The first-order valence-electron chi connectivity index (χ1n) is 21.4. The van der Waals surface area contributed by atoms with E-state index in [0.717, 1.165) is 25.7 Å². The number of piperidine rings is 1. The zero-order valence-electron chi connectivity index (χ0n) is 32.2. The fraction of sp³-hybridized carbons (Fsp3) is 0.822. The summed E-state index contributed by atoms with van der Waals surface area (Å²) in [4.78, 5) is 2.61. The van der Waals surface area contributed by atoms with Crippen LogP contribution < -0.4 is 0 Å². The Morgan fingerprint density at radius 1 is 0.521 bits per heavy atom. The number of nitrogens with zero attached hydrogens (tertiary/aromatic N) is 1. The van der Waals surface area contributed by atoms with Gasteiger partial charge in [0, 0.05) is 24.9 Å². The number of unbranched alkanes of at least 4 members (excludes halogenated alkanes) is 18. The molecule has 0 aromatic carbocycles. The number of allylic oxidation sites excluding steroid dienone is 8. The SMILES string of the molecule is CCCCCC=CCC=CCCCCCCCCC1(CCCCCCCCC=CCC=CCCCCC)OC2CC3CCC(C2O1)N3C. The summed E-state index contributed by atoms with van der Waals surface area (Å²) in [5.74, 6) is -0.314. The third-order valence-electron chi connectivity index (χ3n) is 11.4. The lowest BCUT2D eigenvalue weighted by Crippen LogP contribution is -2.51. The van der Waals surface area contributed by atoms with Gasteiger partial charge in [0.2, 0.25) is 0 Å². The molecule has 3 heteroatoms. The number of ether oxygens (including phenoxy) is 2. The molecule has 3 saturated heterocycles. The van der Waals surface area contributed by atoms with Gasteiger partial charge in [-0.25, -0.2) is 0 Å². The maximum atomic E-state index is 7.01. The molecule has 276 valence electrons. The Morgan fingerprint density at radius 3 is 1.44 bits per heavy atom. The molecule has 48 heavy (non-hydrogen) atoms. The molecular weight excluding hydrogens is 587 g/mol. The van der Waals surface area contributed by atoms with Crippen molar-refractivity contribution in [3.63, 3.8) is 0 Å². The highest BCUT2D eigenvalue weighted by Crippen LogP contribution is 2.47. The van der Waals surface area contributed by atoms with Crippen LogP contribution in [0.1, 0.15) is 200 Å². The molecule has 0 spiro atoms. The molecule has 0 amide bonds. The fourth-order valence-electron chi connectivity index (χ4n) is 8.32. The molecule has 2 bridgehead atoms. The summed E-state index contributed by atoms with van der Waals surface area (Å²) in [5.41, 5.74) is 0. The largest absolute Gasteiger partial charge is 0.344 e. The lowest BCUT2D eigenvalue weighted by Gasteiger charge is -2.37. The topological polar surface area (TPSA) is 21.7 Å². The van der Waals surface area contributed by atoms with Crippen LogP contribution in [0.2, 0.25) is 0 Å². The fourth-order valence-corrected chi connectivity index (χ4v) is 8.32. The lowest BCUT2D eigenvalue weighted by molar-refractivity contribution is -0.188. The lowest BCUT2D eigenvalue weighted by atomic mass is 9.98. The molecule has 4 unspecified atom stereocenters. The standard InChI is InChI=1S/C45H79NO2/c1-4-6-8-10-12-14-16-18-20-22-24-26-28-30-32-34-38-45(47-43-40-41-36-37-42(46(41)3)44(43)48-45)39-35-33-31-29-27-25-23-21-19-17-15-13-11-9-7-5-2/h12-15,18-21,41-44H,4-11,16-17,22-40H2,1-3H3. The number of likely N-dealkylation sites (N-methyl/N-ethyl adjacent to an activating group) is 1. The first-order chi connectivity index (χ1) is 23.7. The molecule has 4 atom stereocenters. The summed E-state index contributed by atoms with van der Waals surface area (Å²) in [7, 11) is 2.33. The minimum absolute atomic E-state index is 0.294. The molecule has 3 nitrogen and oxygen atoms in total. The second-order valence-electron chi connectivity index (χ2n) is 15.5. The Hall–Kier alpha value is -1.16. The van der Waals surface area contributed by atoms with Crippen LogP contribution in [0, 0.1) is 0 Å². The second kappa shape index (κ2) is 26.6. The Morgan fingerprint density at radius 2 is 0.958 bits per heavy atom. The molecular formula is C45H79NO2. The smallest absolute Gasteiger partial charge is 0.169 e. The van der Waals surface area contributed by atoms with Crippen LogP contribution in [-0.2, 0) is 9.47 Å². The molecule has 0 aromatic rings. The van der Waals surface area contributed by atoms with E-state index in [0.29, 0.717) is 24.3 Å². The minimum Gasteiger partial charge on any atom is -0.344 e. The molecule has 3 heterocycles. The van der Waals surface area contributed by atoms with E-state index in [-0.39, 0.29) is 5.79 Å². The third kappa shape index (κ3) is 16.7. The van der Waals surface area contributed by atoms with Crippen LogP contribution in [0.4, 0.5) is 0 Å². The van der Waals surface area contributed by atoms with Crippen molar-refractivity contribution in [2.75, 3.05) is 7.05 Å². The predicted octanol–water partition coefficient (Wildman–Crippen LogP) is 13.7.